The lowest BCUT2D eigenvalue weighted by Crippen LogP contribution is -2.28. The predicted molar refractivity (Wildman–Crippen MR) is 72.0 cm³/mol. The molecule has 2 rings (SSSR count). The van der Waals surface area contributed by atoms with Crippen LogP contribution in [0.25, 0.3) is 0 Å². The van der Waals surface area contributed by atoms with Crippen molar-refractivity contribution in [2.45, 2.75) is 18.9 Å². The maximum atomic E-state index is 11.8. The molecule has 0 radical (unpaired) electrons. The number of carbonyl (C=O) groups is 1. The van der Waals surface area contributed by atoms with Crippen molar-refractivity contribution in [3.63, 3.8) is 0 Å². The second-order valence-corrected chi connectivity index (χ2v) is 4.51. The zero-order chi connectivity index (χ0) is 13.7. The Morgan fingerprint density at radius 3 is 3.11 bits per heavy atom. The molecule has 2 N–H and O–H groups in total. The van der Waals surface area contributed by atoms with Gasteiger partial charge >= 0.3 is 7.12 Å². The molecule has 0 saturated heterocycles. The predicted octanol–water partition coefficient (Wildman–Crippen LogP) is -0.0118. The Labute approximate surface area is 113 Å². The number of amides is 1. The summed E-state index contributed by atoms with van der Waals surface area (Å²) in [7, 11) is 0.703. The van der Waals surface area contributed by atoms with Gasteiger partial charge in [-0.25, -0.2) is 0 Å². The van der Waals surface area contributed by atoms with Gasteiger partial charge in [0.15, 0.2) is 0 Å². The van der Waals surface area contributed by atoms with Gasteiger partial charge in [0.05, 0.1) is 12.5 Å². The minimum absolute atomic E-state index is 0.0787. The number of hydrogen-bond acceptors (Lipinski definition) is 4. The molecule has 0 fully saturated rings. The normalized spacial score (nSPS) is 17.4. The Morgan fingerprint density at radius 1 is 1.53 bits per heavy atom. The van der Waals surface area contributed by atoms with E-state index in [-0.39, 0.29) is 18.4 Å². The number of ether oxygens (including phenoxy) is 1. The molecule has 0 aliphatic carbocycles. The van der Waals surface area contributed by atoms with E-state index in [1.807, 2.05) is 24.3 Å². The lowest BCUT2D eigenvalue weighted by atomic mass is 9.79. The molecule has 1 aliphatic heterocycles. The summed E-state index contributed by atoms with van der Waals surface area (Å²) in [6, 6.07) is 7.42. The van der Waals surface area contributed by atoms with E-state index in [9.17, 15) is 9.82 Å². The van der Waals surface area contributed by atoms with Gasteiger partial charge in [0.1, 0.15) is 0 Å². The third-order valence-corrected chi connectivity index (χ3v) is 3.12. The lowest BCUT2D eigenvalue weighted by molar-refractivity contribution is -0.122. The number of methoxy groups -OCH3 is 1. The van der Waals surface area contributed by atoms with E-state index in [1.165, 1.54) is 0 Å². The molecule has 0 aromatic heterocycles. The first kappa shape index (κ1) is 14.1. The second kappa shape index (κ2) is 6.70. The molecular weight excluding hydrogens is 245 g/mol. The summed E-state index contributed by atoms with van der Waals surface area (Å²) < 4.78 is 10.3. The molecule has 19 heavy (non-hydrogen) atoms. The molecule has 0 bridgehead atoms. The molecule has 1 heterocycles. The molecule has 1 atom stereocenters. The average Bonchev–Trinajstić information content (AvgIpc) is 2.72. The summed E-state index contributed by atoms with van der Waals surface area (Å²) in [5.74, 6) is -0.0787. The minimum Gasteiger partial charge on any atom is -0.423 e. The summed E-state index contributed by atoms with van der Waals surface area (Å²) in [5, 5.41) is 12.5. The number of benzene rings is 1. The molecule has 6 heteroatoms. The standard InChI is InChI=1S/C13H18BNO4/c1-18-8-4-7-15-13(16)9-12-10-5-2-3-6-11(10)14(17)19-12/h2-3,5-6,12,17H,4,7-9H2,1H3,(H,15,16). The SMILES string of the molecule is COCCCNC(=O)CC1OB(O)c2ccccc21. The van der Waals surface area contributed by atoms with Crippen LogP contribution < -0.4 is 10.8 Å². The summed E-state index contributed by atoms with van der Waals surface area (Å²) in [4.78, 5) is 11.8. The fourth-order valence-corrected chi connectivity index (χ4v) is 2.17. The van der Waals surface area contributed by atoms with Crippen LogP contribution in [0.1, 0.15) is 24.5 Å². The Kier molecular flexibility index (Phi) is 4.96. The highest BCUT2D eigenvalue weighted by Gasteiger charge is 2.35. The third kappa shape index (κ3) is 3.56. The van der Waals surface area contributed by atoms with E-state index in [2.05, 4.69) is 5.32 Å². The average molecular weight is 263 g/mol. The highest BCUT2D eigenvalue weighted by molar-refractivity contribution is 6.61. The van der Waals surface area contributed by atoms with Crippen LogP contribution in [0.3, 0.4) is 0 Å². The Bertz CT molecular complexity index is 440. The van der Waals surface area contributed by atoms with Crippen LogP contribution in [0.2, 0.25) is 0 Å². The van der Waals surface area contributed by atoms with E-state index in [0.717, 1.165) is 17.4 Å². The Morgan fingerprint density at radius 2 is 2.32 bits per heavy atom. The number of rotatable bonds is 6. The van der Waals surface area contributed by atoms with Crippen LogP contribution in [-0.4, -0.2) is 38.3 Å². The number of hydrogen-bond donors (Lipinski definition) is 2. The van der Waals surface area contributed by atoms with Crippen molar-refractivity contribution < 1.29 is 19.2 Å². The fraction of sp³-hybridized carbons (Fsp3) is 0.462. The molecular formula is C13H18BNO4. The van der Waals surface area contributed by atoms with Crippen LogP contribution in [0.5, 0.6) is 0 Å². The first-order valence-corrected chi connectivity index (χ1v) is 6.40. The second-order valence-electron chi connectivity index (χ2n) is 4.51. The molecule has 0 spiro atoms. The fourth-order valence-electron chi connectivity index (χ4n) is 2.17. The summed E-state index contributed by atoms with van der Waals surface area (Å²) in [6.45, 7) is 1.21. The number of fused-ring (bicyclic) bond motifs is 1. The van der Waals surface area contributed by atoms with Gasteiger partial charge in [0, 0.05) is 20.3 Å². The monoisotopic (exact) mass is 263 g/mol. The largest absolute Gasteiger partial charge is 0.491 e. The third-order valence-electron chi connectivity index (χ3n) is 3.12. The summed E-state index contributed by atoms with van der Waals surface area (Å²) >= 11 is 0. The molecule has 1 aromatic carbocycles. The van der Waals surface area contributed by atoms with Crippen molar-refractivity contribution in [2.24, 2.45) is 0 Å². The van der Waals surface area contributed by atoms with Gasteiger partial charge in [0.25, 0.3) is 0 Å². The van der Waals surface area contributed by atoms with Crippen molar-refractivity contribution in [1.82, 2.24) is 5.32 Å². The van der Waals surface area contributed by atoms with Crippen molar-refractivity contribution in [1.29, 1.82) is 0 Å². The van der Waals surface area contributed by atoms with Crippen LogP contribution >= 0.6 is 0 Å². The lowest BCUT2D eigenvalue weighted by Gasteiger charge is -2.12. The highest BCUT2D eigenvalue weighted by Crippen LogP contribution is 2.26. The van der Waals surface area contributed by atoms with Gasteiger partial charge in [-0.05, 0) is 17.4 Å². The van der Waals surface area contributed by atoms with E-state index in [4.69, 9.17) is 9.39 Å². The number of nitrogens with one attached hydrogen (secondary N) is 1. The Balaban J connectivity index is 1.85. The smallest absolute Gasteiger partial charge is 0.423 e. The van der Waals surface area contributed by atoms with Gasteiger partial charge in [-0.1, -0.05) is 24.3 Å². The van der Waals surface area contributed by atoms with Crippen molar-refractivity contribution in [3.05, 3.63) is 29.8 Å². The summed E-state index contributed by atoms with van der Waals surface area (Å²) in [5.41, 5.74) is 1.64. The van der Waals surface area contributed by atoms with Gasteiger partial charge in [-0.2, -0.15) is 0 Å². The van der Waals surface area contributed by atoms with Crippen LogP contribution in [-0.2, 0) is 14.2 Å². The van der Waals surface area contributed by atoms with Gasteiger partial charge in [-0.3, -0.25) is 4.79 Å². The van der Waals surface area contributed by atoms with Crippen LogP contribution in [0, 0.1) is 0 Å². The van der Waals surface area contributed by atoms with E-state index in [0.29, 0.717) is 13.2 Å². The molecule has 1 unspecified atom stereocenters. The zero-order valence-electron chi connectivity index (χ0n) is 11.0. The van der Waals surface area contributed by atoms with Crippen molar-refractivity contribution in [3.8, 4) is 0 Å². The van der Waals surface area contributed by atoms with Crippen molar-refractivity contribution in [2.75, 3.05) is 20.3 Å². The molecule has 0 saturated carbocycles. The van der Waals surface area contributed by atoms with Gasteiger partial charge in [0.2, 0.25) is 5.91 Å². The first-order valence-electron chi connectivity index (χ1n) is 6.40. The van der Waals surface area contributed by atoms with Crippen LogP contribution in [0.4, 0.5) is 0 Å². The maximum Gasteiger partial charge on any atom is 0.491 e. The highest BCUT2D eigenvalue weighted by atomic mass is 16.5. The van der Waals surface area contributed by atoms with E-state index in [1.54, 1.807) is 7.11 Å². The summed E-state index contributed by atoms with van der Waals surface area (Å²) in [6.07, 6.45) is 0.641. The van der Waals surface area contributed by atoms with Crippen LogP contribution in [0.15, 0.2) is 24.3 Å². The topological polar surface area (TPSA) is 67.8 Å². The van der Waals surface area contributed by atoms with E-state index < -0.39 is 7.12 Å². The van der Waals surface area contributed by atoms with Gasteiger partial charge < -0.3 is 19.7 Å². The minimum atomic E-state index is -0.928. The quantitative estimate of drug-likeness (QED) is 0.559. The van der Waals surface area contributed by atoms with Crippen molar-refractivity contribution >= 4 is 18.5 Å². The molecule has 5 nitrogen and oxygen atoms in total. The number of carbonyl (C=O) groups excluding carboxylic acids is 1. The van der Waals surface area contributed by atoms with Gasteiger partial charge in [-0.15, -0.1) is 0 Å². The maximum absolute atomic E-state index is 11.8. The van der Waals surface area contributed by atoms with E-state index >= 15 is 0 Å². The molecule has 1 aromatic rings. The molecule has 1 aliphatic rings. The first-order chi connectivity index (χ1) is 9.22. The molecule has 102 valence electrons. The zero-order valence-corrected chi connectivity index (χ0v) is 11.0. The molecule has 1 amide bonds. The Hall–Kier alpha value is -1.37.